The Morgan fingerprint density at radius 1 is 0.882 bits per heavy atom. The fourth-order valence-electron chi connectivity index (χ4n) is 1.61. The van der Waals surface area contributed by atoms with Crippen LogP contribution in [-0.4, -0.2) is 29.1 Å². The monoisotopic (exact) mass is 265 g/mol. The Kier molecular flexibility index (Phi) is 9.78. The molecule has 0 atom stereocenters. The Hall–Kier alpha value is -0.130. The van der Waals surface area contributed by atoms with Gasteiger partial charge in [-0.05, 0) is 6.42 Å². The number of rotatable bonds is 11. The summed E-state index contributed by atoms with van der Waals surface area (Å²) < 4.78 is 25.8. The molecule has 0 saturated heterocycles. The number of hydrogen-bond donors (Lipinski definition) is 2. The summed E-state index contributed by atoms with van der Waals surface area (Å²) in [6, 6.07) is 0. The molecule has 5 heteroatoms. The smallest absolute Gasteiger partial charge is 0.221 e. The highest BCUT2D eigenvalue weighted by molar-refractivity contribution is 7.83. The Bertz CT molecular complexity index is 264. The van der Waals surface area contributed by atoms with E-state index in [2.05, 4.69) is 11.6 Å². The standard InChI is InChI=1S/C12H28N2O2S/c1-4-5-6-7-8-9-10-11-12-13-17(15,16)14(2)3/h13H,4-12H2,1-3H3/p+1. The molecule has 0 aromatic rings. The van der Waals surface area contributed by atoms with Gasteiger partial charge in [-0.3, -0.25) is 0 Å². The van der Waals surface area contributed by atoms with E-state index in [1.165, 1.54) is 38.5 Å². The molecule has 0 fully saturated rings. The first-order chi connectivity index (χ1) is 8.00. The van der Waals surface area contributed by atoms with Crippen LogP contribution in [0.25, 0.3) is 0 Å². The lowest BCUT2D eigenvalue weighted by Crippen LogP contribution is -3.09. The van der Waals surface area contributed by atoms with Gasteiger partial charge in [-0.25, -0.2) is 4.31 Å². The molecule has 0 aliphatic carbocycles. The molecule has 2 N–H and O–H groups in total. The number of unbranched alkanes of at least 4 members (excludes halogenated alkanes) is 7. The molecule has 0 heterocycles. The Morgan fingerprint density at radius 2 is 1.35 bits per heavy atom. The Labute approximate surface area is 107 Å². The molecular weight excluding hydrogens is 236 g/mol. The average molecular weight is 265 g/mol. The lowest BCUT2D eigenvalue weighted by atomic mass is 10.1. The van der Waals surface area contributed by atoms with Crippen LogP contribution in [0.1, 0.15) is 58.3 Å². The number of nitrogens with one attached hydrogen (secondary N) is 2. The molecule has 0 spiro atoms. The first-order valence-corrected chi connectivity index (χ1v) is 8.29. The SMILES string of the molecule is CCCCCCCCCCNS(=O)(=O)[NH+](C)C. The third-order valence-electron chi connectivity index (χ3n) is 2.86. The lowest BCUT2D eigenvalue weighted by molar-refractivity contribution is -0.718. The van der Waals surface area contributed by atoms with E-state index in [1.54, 1.807) is 14.1 Å². The summed E-state index contributed by atoms with van der Waals surface area (Å²) in [6.07, 6.45) is 9.86. The third-order valence-corrected chi connectivity index (χ3v) is 4.52. The van der Waals surface area contributed by atoms with E-state index in [1.807, 2.05) is 0 Å². The van der Waals surface area contributed by atoms with Crippen molar-refractivity contribution in [2.24, 2.45) is 0 Å². The van der Waals surface area contributed by atoms with Gasteiger partial charge in [0.25, 0.3) is 0 Å². The number of hydrogen-bond acceptors (Lipinski definition) is 2. The van der Waals surface area contributed by atoms with Gasteiger partial charge in [0.05, 0.1) is 14.1 Å². The van der Waals surface area contributed by atoms with Gasteiger partial charge in [0.1, 0.15) is 0 Å². The van der Waals surface area contributed by atoms with Gasteiger partial charge in [0, 0.05) is 6.54 Å². The molecule has 104 valence electrons. The second kappa shape index (κ2) is 9.85. The summed E-state index contributed by atoms with van der Waals surface area (Å²) in [5.41, 5.74) is 0. The van der Waals surface area contributed by atoms with Crippen LogP contribution in [0.15, 0.2) is 0 Å². The third kappa shape index (κ3) is 9.56. The Balaban J connectivity index is 3.30. The zero-order valence-corrected chi connectivity index (χ0v) is 12.4. The van der Waals surface area contributed by atoms with Crippen LogP contribution < -0.4 is 9.03 Å². The summed E-state index contributed by atoms with van der Waals surface area (Å²) in [7, 11) is 0.106. The second-order valence-electron chi connectivity index (χ2n) is 4.78. The van der Waals surface area contributed by atoms with Gasteiger partial charge in [0.2, 0.25) is 0 Å². The first kappa shape index (κ1) is 16.9. The van der Waals surface area contributed by atoms with Gasteiger partial charge in [-0.15, -0.1) is 0 Å². The molecule has 0 rings (SSSR count). The molecular formula is C12H29N2O2S+. The highest BCUT2D eigenvalue weighted by Gasteiger charge is 2.14. The van der Waals surface area contributed by atoms with Gasteiger partial charge >= 0.3 is 10.2 Å². The first-order valence-electron chi connectivity index (χ1n) is 6.80. The second-order valence-corrected chi connectivity index (χ2v) is 6.89. The molecule has 0 bridgehead atoms. The van der Waals surface area contributed by atoms with Crippen molar-refractivity contribution < 1.29 is 12.7 Å². The maximum absolute atomic E-state index is 11.4. The van der Waals surface area contributed by atoms with E-state index < -0.39 is 10.2 Å². The van der Waals surface area contributed by atoms with Crippen LogP contribution in [0.5, 0.6) is 0 Å². The van der Waals surface area contributed by atoms with E-state index in [9.17, 15) is 8.42 Å². The fraction of sp³-hybridized carbons (Fsp3) is 1.00. The average Bonchev–Trinajstić information content (AvgIpc) is 2.26. The van der Waals surface area contributed by atoms with Crippen molar-refractivity contribution in [2.75, 3.05) is 20.6 Å². The highest BCUT2D eigenvalue weighted by Crippen LogP contribution is 2.07. The minimum absolute atomic E-state index is 0.442. The van der Waals surface area contributed by atoms with E-state index in [0.717, 1.165) is 12.8 Å². The molecule has 0 saturated carbocycles. The summed E-state index contributed by atoms with van der Waals surface area (Å²) in [5, 5.41) is 0. The quantitative estimate of drug-likeness (QED) is 0.550. The van der Waals surface area contributed by atoms with Crippen LogP contribution in [0.4, 0.5) is 0 Å². The highest BCUT2D eigenvalue weighted by atomic mass is 32.2. The van der Waals surface area contributed by atoms with Gasteiger partial charge in [-0.1, -0.05) is 51.9 Å². The predicted octanol–water partition coefficient (Wildman–Crippen LogP) is 1.11. The fourth-order valence-corrected chi connectivity index (χ4v) is 2.31. The van der Waals surface area contributed by atoms with E-state index in [4.69, 9.17) is 0 Å². The van der Waals surface area contributed by atoms with E-state index in [-0.39, 0.29) is 0 Å². The van der Waals surface area contributed by atoms with Gasteiger partial charge < -0.3 is 0 Å². The van der Waals surface area contributed by atoms with Crippen LogP contribution >= 0.6 is 0 Å². The van der Waals surface area contributed by atoms with Gasteiger partial charge in [-0.2, -0.15) is 13.1 Å². The summed E-state index contributed by atoms with van der Waals surface area (Å²) >= 11 is 0. The van der Waals surface area contributed by atoms with Crippen molar-refractivity contribution in [3.8, 4) is 0 Å². The van der Waals surface area contributed by atoms with Crippen LogP contribution in [0, 0.1) is 0 Å². The molecule has 17 heavy (non-hydrogen) atoms. The van der Waals surface area contributed by atoms with E-state index in [0.29, 0.717) is 10.8 Å². The lowest BCUT2D eigenvalue weighted by Gasteiger charge is -2.09. The van der Waals surface area contributed by atoms with Gasteiger partial charge in [0.15, 0.2) is 0 Å². The molecule has 0 aliphatic rings. The van der Waals surface area contributed by atoms with Crippen LogP contribution in [-0.2, 0) is 10.2 Å². The summed E-state index contributed by atoms with van der Waals surface area (Å²) in [4.78, 5) is 0. The van der Waals surface area contributed by atoms with Crippen molar-refractivity contribution in [1.29, 1.82) is 0 Å². The molecule has 0 unspecified atom stereocenters. The predicted molar refractivity (Wildman–Crippen MR) is 72.3 cm³/mol. The summed E-state index contributed by atoms with van der Waals surface area (Å²) in [6.45, 7) is 2.79. The van der Waals surface area contributed by atoms with Crippen molar-refractivity contribution in [3.63, 3.8) is 0 Å². The molecule has 0 aromatic heterocycles. The van der Waals surface area contributed by atoms with Crippen LogP contribution in [0.2, 0.25) is 0 Å². The minimum Gasteiger partial charge on any atom is -0.221 e. The molecule has 0 aromatic carbocycles. The normalized spacial score (nSPS) is 12.2. The molecule has 0 radical (unpaired) electrons. The minimum atomic E-state index is -3.14. The zero-order valence-electron chi connectivity index (χ0n) is 11.6. The molecule has 0 aliphatic heterocycles. The topological polar surface area (TPSA) is 50.6 Å². The Morgan fingerprint density at radius 3 is 1.82 bits per heavy atom. The van der Waals surface area contributed by atoms with Crippen molar-refractivity contribution in [2.45, 2.75) is 58.3 Å². The zero-order chi connectivity index (χ0) is 13.1. The van der Waals surface area contributed by atoms with Crippen molar-refractivity contribution >= 4 is 10.2 Å². The van der Waals surface area contributed by atoms with Crippen LogP contribution in [0.3, 0.4) is 0 Å². The van der Waals surface area contributed by atoms with Crippen molar-refractivity contribution in [3.05, 3.63) is 0 Å². The largest absolute Gasteiger partial charge is 0.368 e. The molecule has 0 amide bonds. The van der Waals surface area contributed by atoms with Crippen molar-refractivity contribution in [1.82, 2.24) is 4.72 Å². The van der Waals surface area contributed by atoms with E-state index >= 15 is 0 Å². The number of quaternary nitrogens is 1. The maximum atomic E-state index is 11.4. The summed E-state index contributed by atoms with van der Waals surface area (Å²) in [5.74, 6) is 0. The maximum Gasteiger partial charge on any atom is 0.368 e. The molecule has 4 nitrogen and oxygen atoms in total.